The number of aliphatic carboxylic acids is 1. The zero-order valence-corrected chi connectivity index (χ0v) is 10.1. The Hall–Kier alpha value is -1.56. The molecule has 0 aromatic heterocycles. The molecule has 1 amide bonds. The first-order valence-corrected chi connectivity index (χ1v) is 6.02. The number of morpholine rings is 1. The smallest absolute Gasteiger partial charge is 0.410 e. The van der Waals surface area contributed by atoms with Crippen LogP contribution in [0.4, 0.5) is 4.79 Å². The van der Waals surface area contributed by atoms with Crippen molar-refractivity contribution in [2.75, 3.05) is 19.8 Å². The maximum Gasteiger partial charge on any atom is 0.410 e. The molecule has 0 spiro atoms. The minimum Gasteiger partial charge on any atom is -0.481 e. The average Bonchev–Trinajstić information content (AvgIpc) is 2.79. The van der Waals surface area contributed by atoms with Crippen LogP contribution in [-0.2, 0) is 14.3 Å². The SMILES string of the molecule is C=CCOC(=O)N1CCOC2CC(C(=O)O)CC21. The van der Waals surface area contributed by atoms with Crippen molar-refractivity contribution >= 4 is 12.1 Å². The van der Waals surface area contributed by atoms with Gasteiger partial charge >= 0.3 is 12.1 Å². The monoisotopic (exact) mass is 255 g/mol. The number of fused-ring (bicyclic) bond motifs is 1. The van der Waals surface area contributed by atoms with Gasteiger partial charge in [0.05, 0.1) is 24.7 Å². The number of ether oxygens (including phenoxy) is 2. The van der Waals surface area contributed by atoms with E-state index in [1.165, 1.54) is 6.08 Å². The number of nitrogens with zero attached hydrogens (tertiary/aromatic N) is 1. The summed E-state index contributed by atoms with van der Waals surface area (Å²) in [4.78, 5) is 24.4. The Balaban J connectivity index is 2.01. The van der Waals surface area contributed by atoms with Crippen LogP contribution in [-0.4, -0.2) is 54.0 Å². The van der Waals surface area contributed by atoms with Crippen molar-refractivity contribution in [1.29, 1.82) is 0 Å². The number of hydrogen-bond donors (Lipinski definition) is 1. The number of hydrogen-bond acceptors (Lipinski definition) is 4. The van der Waals surface area contributed by atoms with Gasteiger partial charge in [0, 0.05) is 6.54 Å². The molecule has 100 valence electrons. The van der Waals surface area contributed by atoms with E-state index in [1.54, 1.807) is 4.90 Å². The Kier molecular flexibility index (Phi) is 3.86. The highest BCUT2D eigenvalue weighted by atomic mass is 16.6. The lowest BCUT2D eigenvalue weighted by molar-refractivity contribution is -0.141. The van der Waals surface area contributed by atoms with E-state index in [9.17, 15) is 9.59 Å². The molecule has 0 aromatic carbocycles. The molecule has 6 heteroatoms. The van der Waals surface area contributed by atoms with E-state index in [4.69, 9.17) is 14.6 Å². The summed E-state index contributed by atoms with van der Waals surface area (Å²) >= 11 is 0. The molecular formula is C12H17NO5. The second-order valence-corrected chi connectivity index (χ2v) is 4.54. The minimum absolute atomic E-state index is 0.163. The molecular weight excluding hydrogens is 238 g/mol. The van der Waals surface area contributed by atoms with E-state index in [-0.39, 0.29) is 18.8 Å². The van der Waals surface area contributed by atoms with Gasteiger partial charge in [-0.2, -0.15) is 0 Å². The first-order chi connectivity index (χ1) is 8.63. The molecule has 0 radical (unpaired) electrons. The maximum absolute atomic E-state index is 11.8. The van der Waals surface area contributed by atoms with Gasteiger partial charge in [-0.1, -0.05) is 12.7 Å². The highest BCUT2D eigenvalue weighted by Crippen LogP contribution is 2.34. The molecule has 1 heterocycles. The number of carboxylic acids is 1. The molecule has 1 N–H and O–H groups in total. The predicted octanol–water partition coefficient (Wildman–Crippen LogP) is 0.873. The summed E-state index contributed by atoms with van der Waals surface area (Å²) in [5.74, 6) is -1.26. The van der Waals surface area contributed by atoms with Crippen LogP contribution in [0.25, 0.3) is 0 Å². The topological polar surface area (TPSA) is 76.1 Å². The first-order valence-electron chi connectivity index (χ1n) is 6.02. The highest BCUT2D eigenvalue weighted by molar-refractivity contribution is 5.72. The third kappa shape index (κ3) is 2.48. The summed E-state index contributed by atoms with van der Waals surface area (Å²) in [5.41, 5.74) is 0. The largest absolute Gasteiger partial charge is 0.481 e. The van der Waals surface area contributed by atoms with Crippen LogP contribution in [0.2, 0.25) is 0 Å². The average molecular weight is 255 g/mol. The Morgan fingerprint density at radius 2 is 2.28 bits per heavy atom. The second-order valence-electron chi connectivity index (χ2n) is 4.54. The summed E-state index contributed by atoms with van der Waals surface area (Å²) < 4.78 is 10.5. The van der Waals surface area contributed by atoms with Gasteiger partial charge in [-0.3, -0.25) is 4.79 Å². The molecule has 1 saturated heterocycles. The molecule has 2 fully saturated rings. The van der Waals surface area contributed by atoms with Crippen LogP contribution >= 0.6 is 0 Å². The number of carboxylic acid groups (broad SMARTS) is 1. The molecule has 0 aromatic rings. The van der Waals surface area contributed by atoms with Crippen molar-refractivity contribution in [3.8, 4) is 0 Å². The van der Waals surface area contributed by atoms with E-state index >= 15 is 0 Å². The fraction of sp³-hybridized carbons (Fsp3) is 0.667. The lowest BCUT2D eigenvalue weighted by atomic mass is 10.1. The van der Waals surface area contributed by atoms with Crippen LogP contribution in [0.15, 0.2) is 12.7 Å². The molecule has 18 heavy (non-hydrogen) atoms. The molecule has 1 aliphatic carbocycles. The number of rotatable bonds is 3. The Bertz CT molecular complexity index is 356. The molecule has 1 saturated carbocycles. The Morgan fingerprint density at radius 3 is 2.94 bits per heavy atom. The van der Waals surface area contributed by atoms with Crippen LogP contribution in [0.3, 0.4) is 0 Å². The third-order valence-corrected chi connectivity index (χ3v) is 3.44. The molecule has 3 unspecified atom stereocenters. The van der Waals surface area contributed by atoms with Crippen LogP contribution in [0.5, 0.6) is 0 Å². The van der Waals surface area contributed by atoms with Gasteiger partial charge in [0.2, 0.25) is 0 Å². The van der Waals surface area contributed by atoms with E-state index in [0.29, 0.717) is 26.0 Å². The van der Waals surface area contributed by atoms with Crippen LogP contribution in [0.1, 0.15) is 12.8 Å². The van der Waals surface area contributed by atoms with Gasteiger partial charge in [0.25, 0.3) is 0 Å². The van der Waals surface area contributed by atoms with Gasteiger partial charge in [-0.15, -0.1) is 0 Å². The zero-order chi connectivity index (χ0) is 13.1. The van der Waals surface area contributed by atoms with Gasteiger partial charge < -0.3 is 19.5 Å². The first kappa shape index (κ1) is 12.9. The van der Waals surface area contributed by atoms with Crippen molar-refractivity contribution in [1.82, 2.24) is 4.90 Å². The summed E-state index contributed by atoms with van der Waals surface area (Å²) in [7, 11) is 0. The van der Waals surface area contributed by atoms with Crippen LogP contribution < -0.4 is 0 Å². The molecule has 2 rings (SSSR count). The van der Waals surface area contributed by atoms with Crippen molar-refractivity contribution < 1.29 is 24.2 Å². The molecule has 0 bridgehead atoms. The summed E-state index contributed by atoms with van der Waals surface area (Å²) in [6.45, 7) is 4.52. The van der Waals surface area contributed by atoms with E-state index in [2.05, 4.69) is 6.58 Å². The van der Waals surface area contributed by atoms with Crippen molar-refractivity contribution in [2.45, 2.75) is 25.0 Å². The maximum atomic E-state index is 11.8. The Morgan fingerprint density at radius 1 is 1.50 bits per heavy atom. The van der Waals surface area contributed by atoms with Gasteiger partial charge in [0.1, 0.15) is 6.61 Å². The molecule has 6 nitrogen and oxygen atoms in total. The quantitative estimate of drug-likeness (QED) is 0.757. The van der Waals surface area contributed by atoms with Gasteiger partial charge in [-0.25, -0.2) is 4.79 Å². The zero-order valence-electron chi connectivity index (χ0n) is 10.1. The van der Waals surface area contributed by atoms with E-state index in [0.717, 1.165) is 0 Å². The summed E-state index contributed by atoms with van der Waals surface area (Å²) in [6.07, 6.45) is 1.80. The summed E-state index contributed by atoms with van der Waals surface area (Å²) in [6, 6.07) is -0.183. The van der Waals surface area contributed by atoms with Gasteiger partial charge in [-0.05, 0) is 12.8 Å². The predicted molar refractivity (Wildman–Crippen MR) is 62.1 cm³/mol. The van der Waals surface area contributed by atoms with Crippen LogP contribution in [0, 0.1) is 5.92 Å². The molecule has 2 aliphatic rings. The third-order valence-electron chi connectivity index (χ3n) is 3.44. The number of carbonyl (C=O) groups excluding carboxylic acids is 1. The van der Waals surface area contributed by atoms with Gasteiger partial charge in [0.15, 0.2) is 0 Å². The molecule has 3 atom stereocenters. The normalized spacial score (nSPS) is 30.7. The van der Waals surface area contributed by atoms with Crippen molar-refractivity contribution in [3.05, 3.63) is 12.7 Å². The fourth-order valence-corrected chi connectivity index (χ4v) is 2.59. The van der Waals surface area contributed by atoms with E-state index in [1.807, 2.05) is 0 Å². The molecule has 1 aliphatic heterocycles. The van der Waals surface area contributed by atoms with Crippen molar-refractivity contribution in [3.63, 3.8) is 0 Å². The number of carbonyl (C=O) groups is 2. The van der Waals surface area contributed by atoms with Crippen molar-refractivity contribution in [2.24, 2.45) is 5.92 Å². The lowest BCUT2D eigenvalue weighted by Crippen LogP contribution is -2.51. The standard InChI is InChI=1S/C12H17NO5/c1-2-4-18-12(16)13-3-5-17-10-7-8(11(14)15)6-9(10)13/h2,8-10H,1,3-7H2,(H,14,15). The second kappa shape index (κ2) is 5.39. The fourth-order valence-electron chi connectivity index (χ4n) is 2.59. The lowest BCUT2D eigenvalue weighted by Gasteiger charge is -2.36. The highest BCUT2D eigenvalue weighted by Gasteiger charge is 2.45. The minimum atomic E-state index is -0.826. The summed E-state index contributed by atoms with van der Waals surface area (Å²) in [5, 5.41) is 9.02. The van der Waals surface area contributed by atoms with E-state index < -0.39 is 18.0 Å². The number of amides is 1. The Labute approximate surface area is 105 Å².